The van der Waals surface area contributed by atoms with E-state index in [1.807, 2.05) is 24.3 Å². The van der Waals surface area contributed by atoms with Crippen molar-refractivity contribution in [2.24, 2.45) is 5.92 Å². The fourth-order valence-corrected chi connectivity index (χ4v) is 3.71. The van der Waals surface area contributed by atoms with E-state index in [0.29, 0.717) is 12.5 Å². The maximum Gasteiger partial charge on any atom is 0.250 e. The van der Waals surface area contributed by atoms with E-state index in [-0.39, 0.29) is 11.1 Å². The summed E-state index contributed by atoms with van der Waals surface area (Å²) < 4.78 is 12.2. The van der Waals surface area contributed by atoms with Crippen LogP contribution in [0.15, 0.2) is 48.8 Å². The van der Waals surface area contributed by atoms with Crippen LogP contribution < -0.4 is 10.1 Å². The third kappa shape index (κ3) is 7.48. The van der Waals surface area contributed by atoms with Crippen LogP contribution in [-0.4, -0.2) is 21.5 Å². The predicted octanol–water partition coefficient (Wildman–Crippen LogP) is 6.68. The van der Waals surface area contributed by atoms with Gasteiger partial charge in [-0.15, -0.1) is 6.58 Å². The van der Waals surface area contributed by atoms with Gasteiger partial charge in [-0.2, -0.15) is 0 Å². The van der Waals surface area contributed by atoms with Gasteiger partial charge >= 0.3 is 0 Å². The molecule has 0 saturated heterocycles. The van der Waals surface area contributed by atoms with Crippen LogP contribution in [0.4, 0.5) is 0 Å². The molecule has 0 aliphatic heterocycles. The van der Waals surface area contributed by atoms with Gasteiger partial charge in [0.25, 0.3) is 0 Å². The zero-order valence-electron chi connectivity index (χ0n) is 19.3. The van der Waals surface area contributed by atoms with E-state index >= 15 is 0 Å². The zero-order chi connectivity index (χ0) is 21.4. The Kier molecular flexibility index (Phi) is 9.51. The van der Waals surface area contributed by atoms with Gasteiger partial charge in [-0.3, -0.25) is 5.32 Å². The maximum absolute atomic E-state index is 6.72. The molecular weight excluding hydrogens is 362 g/mol. The first kappa shape index (κ1) is 24.5. The lowest BCUT2D eigenvalue weighted by atomic mass is 10.1. The van der Waals surface area contributed by atoms with E-state index < -0.39 is 8.32 Å². The molecule has 28 heavy (non-hydrogen) atoms. The zero-order valence-corrected chi connectivity index (χ0v) is 20.3. The number of benzene rings is 1. The van der Waals surface area contributed by atoms with Crippen LogP contribution in [0.3, 0.4) is 0 Å². The largest absolute Gasteiger partial charge is 0.545 e. The van der Waals surface area contributed by atoms with Gasteiger partial charge in [-0.25, -0.2) is 0 Å². The summed E-state index contributed by atoms with van der Waals surface area (Å²) >= 11 is 0. The van der Waals surface area contributed by atoms with Crippen molar-refractivity contribution in [3.05, 3.63) is 54.3 Å². The van der Waals surface area contributed by atoms with Gasteiger partial charge in [0.2, 0.25) is 8.32 Å². The summed E-state index contributed by atoms with van der Waals surface area (Å²) in [7, 11) is -0.221. The van der Waals surface area contributed by atoms with E-state index in [4.69, 9.17) is 9.16 Å². The van der Waals surface area contributed by atoms with Gasteiger partial charge < -0.3 is 9.16 Å². The first-order valence-corrected chi connectivity index (χ1v) is 13.3. The molecule has 0 bridgehead atoms. The maximum atomic E-state index is 6.72. The van der Waals surface area contributed by atoms with Crippen LogP contribution in [0, 0.1) is 5.92 Å². The van der Waals surface area contributed by atoms with Gasteiger partial charge in [-0.05, 0) is 49.0 Å². The summed E-state index contributed by atoms with van der Waals surface area (Å²) in [6.07, 6.45) is 6.38. The molecule has 0 fully saturated rings. The molecule has 1 rings (SSSR count). The molecule has 0 heterocycles. The van der Waals surface area contributed by atoms with Gasteiger partial charge in [0.1, 0.15) is 5.75 Å². The van der Waals surface area contributed by atoms with Gasteiger partial charge in [0.15, 0.2) is 0 Å². The van der Waals surface area contributed by atoms with Gasteiger partial charge in [0, 0.05) is 12.1 Å². The quantitative estimate of drug-likeness (QED) is 0.254. The van der Waals surface area contributed by atoms with Gasteiger partial charge in [-0.1, -0.05) is 58.9 Å². The van der Waals surface area contributed by atoms with Crippen LogP contribution in [-0.2, 0) is 11.0 Å². The van der Waals surface area contributed by atoms with E-state index in [1.54, 1.807) is 7.11 Å². The highest BCUT2D eigenvalue weighted by Gasteiger charge is 2.40. The molecular formula is C24H41NO2Si. The number of rotatable bonds is 11. The fourth-order valence-electron chi connectivity index (χ4n) is 2.61. The summed E-state index contributed by atoms with van der Waals surface area (Å²) in [6, 6.07) is 8.08. The molecule has 4 heteroatoms. The Morgan fingerprint density at radius 2 is 1.86 bits per heavy atom. The second kappa shape index (κ2) is 10.9. The second-order valence-electron chi connectivity index (χ2n) is 9.35. The molecule has 0 radical (unpaired) electrons. The molecule has 0 unspecified atom stereocenters. The average molecular weight is 404 g/mol. The van der Waals surface area contributed by atoms with Crippen molar-refractivity contribution in [3.63, 3.8) is 0 Å². The first-order chi connectivity index (χ1) is 13.0. The lowest BCUT2D eigenvalue weighted by molar-refractivity contribution is 0.342. The van der Waals surface area contributed by atoms with Crippen molar-refractivity contribution in [2.75, 3.05) is 7.11 Å². The molecule has 0 saturated carbocycles. The minimum absolute atomic E-state index is 0.0220. The van der Waals surface area contributed by atoms with E-state index in [2.05, 4.69) is 71.8 Å². The van der Waals surface area contributed by atoms with E-state index in [9.17, 15) is 0 Å². The lowest BCUT2D eigenvalue weighted by Gasteiger charge is -2.39. The predicted molar refractivity (Wildman–Crippen MR) is 124 cm³/mol. The van der Waals surface area contributed by atoms with E-state index in [0.717, 1.165) is 29.9 Å². The Labute approximate surface area is 174 Å². The van der Waals surface area contributed by atoms with Crippen molar-refractivity contribution < 1.29 is 9.16 Å². The summed E-state index contributed by atoms with van der Waals surface area (Å²) in [5, 5.41) is 3.75. The fraction of sp³-hybridized carbons (Fsp3) is 0.583. The monoisotopic (exact) mass is 403 g/mol. The van der Waals surface area contributed by atoms with Crippen LogP contribution in [0.2, 0.25) is 18.1 Å². The highest BCUT2D eigenvalue weighted by Crippen LogP contribution is 2.38. The number of hydrogen-bond donors (Lipinski definition) is 1. The van der Waals surface area contributed by atoms with Crippen LogP contribution in [0.1, 0.15) is 53.0 Å². The highest BCUT2D eigenvalue weighted by atomic mass is 28.4. The Bertz CT molecular complexity index is 644. The standard InChI is InChI=1S/C24H41NO2Si/c1-10-21(25-18-20-15-11-12-16-22(20)26-7)23(17-13-14-19(2)3)27-28(8,9)24(4,5)6/h10-12,15-17,19,21,25H,1,13-14,18H2,2-9H3/b23-17-/t21-/m0/s1. The number of hydrogen-bond acceptors (Lipinski definition) is 3. The number of ether oxygens (including phenoxy) is 1. The first-order valence-electron chi connectivity index (χ1n) is 10.4. The van der Waals surface area contributed by atoms with Gasteiger partial charge in [0.05, 0.1) is 18.9 Å². The molecule has 1 atom stereocenters. The third-order valence-corrected chi connectivity index (χ3v) is 9.87. The van der Waals surface area contributed by atoms with Crippen molar-refractivity contribution >= 4 is 8.32 Å². The van der Waals surface area contributed by atoms with E-state index in [1.165, 1.54) is 0 Å². The van der Waals surface area contributed by atoms with Crippen molar-refractivity contribution in [1.82, 2.24) is 5.32 Å². The lowest BCUT2D eigenvalue weighted by Crippen LogP contribution is -2.43. The number of methoxy groups -OCH3 is 1. The van der Waals surface area contributed by atoms with Crippen LogP contribution >= 0.6 is 0 Å². The van der Waals surface area contributed by atoms with Crippen LogP contribution in [0.5, 0.6) is 5.75 Å². The molecule has 1 aromatic rings. The highest BCUT2D eigenvalue weighted by molar-refractivity contribution is 6.74. The smallest absolute Gasteiger partial charge is 0.250 e. The Morgan fingerprint density at radius 3 is 2.39 bits per heavy atom. The average Bonchev–Trinajstić information content (AvgIpc) is 2.60. The molecule has 0 aliphatic carbocycles. The molecule has 3 nitrogen and oxygen atoms in total. The third-order valence-electron chi connectivity index (χ3n) is 5.52. The van der Waals surface area contributed by atoms with Crippen molar-refractivity contribution in [3.8, 4) is 5.75 Å². The molecule has 0 aromatic heterocycles. The SMILES string of the molecule is C=C[C@H](NCc1ccccc1OC)/C(=C/CCC(C)C)O[Si](C)(C)C(C)(C)C. The number of allylic oxidation sites excluding steroid dienone is 1. The number of nitrogens with one attached hydrogen (secondary N) is 1. The molecule has 158 valence electrons. The van der Waals surface area contributed by atoms with Crippen molar-refractivity contribution in [2.45, 2.75) is 78.2 Å². The molecule has 0 amide bonds. The van der Waals surface area contributed by atoms with Crippen molar-refractivity contribution in [1.29, 1.82) is 0 Å². The molecule has 0 aliphatic rings. The Morgan fingerprint density at radius 1 is 1.21 bits per heavy atom. The molecule has 0 spiro atoms. The summed E-state index contributed by atoms with van der Waals surface area (Å²) in [4.78, 5) is 0. The molecule has 1 aromatic carbocycles. The van der Waals surface area contributed by atoms with Crippen LogP contribution in [0.25, 0.3) is 0 Å². The minimum atomic E-state index is -1.93. The summed E-state index contributed by atoms with van der Waals surface area (Å²) in [6.45, 7) is 20.7. The minimum Gasteiger partial charge on any atom is -0.545 e. The summed E-state index contributed by atoms with van der Waals surface area (Å²) in [5.41, 5.74) is 1.13. The Balaban J connectivity index is 3.02. The normalized spacial score (nSPS) is 14.1. The number of para-hydroxylation sites is 1. The second-order valence-corrected chi connectivity index (χ2v) is 14.1. The summed E-state index contributed by atoms with van der Waals surface area (Å²) in [5.74, 6) is 2.58. The topological polar surface area (TPSA) is 30.5 Å². The molecule has 1 N–H and O–H groups in total. The Hall–Kier alpha value is -1.52.